The fourth-order valence-corrected chi connectivity index (χ4v) is 4.73. The van der Waals surface area contributed by atoms with Crippen molar-refractivity contribution in [2.45, 2.75) is 83.7 Å². The lowest BCUT2D eigenvalue weighted by Gasteiger charge is -2.45. The van der Waals surface area contributed by atoms with Gasteiger partial charge in [-0.2, -0.15) is 0 Å². The van der Waals surface area contributed by atoms with E-state index in [1.807, 2.05) is 58.0 Å². The van der Waals surface area contributed by atoms with Crippen LogP contribution in [0.1, 0.15) is 76.8 Å². The smallest absolute Gasteiger partial charge is 0.410 e. The van der Waals surface area contributed by atoms with Crippen LogP contribution in [0.25, 0.3) is 0 Å². The molecule has 0 saturated carbocycles. The fourth-order valence-electron chi connectivity index (χ4n) is 3.92. The van der Waals surface area contributed by atoms with Gasteiger partial charge in [-0.05, 0) is 82.9 Å². The highest BCUT2D eigenvalue weighted by atomic mass is 32.2. The Kier molecular flexibility index (Phi) is 9.40. The zero-order valence-corrected chi connectivity index (χ0v) is 24.5. The second-order valence-corrected chi connectivity index (χ2v) is 13.8. The van der Waals surface area contributed by atoms with E-state index in [2.05, 4.69) is 4.72 Å². The normalized spacial score (nSPS) is 16.9. The lowest BCUT2D eigenvalue weighted by Crippen LogP contribution is -2.59. The number of hydrogen-bond donors (Lipinski definition) is 1. The Morgan fingerprint density at radius 3 is 2.24 bits per heavy atom. The van der Waals surface area contributed by atoms with E-state index >= 15 is 4.39 Å². The Morgan fingerprint density at radius 1 is 1.08 bits per heavy atom. The molecule has 0 aliphatic carbocycles. The number of benzene rings is 2. The van der Waals surface area contributed by atoms with Crippen LogP contribution >= 0.6 is 0 Å². The molecule has 0 aromatic heterocycles. The van der Waals surface area contributed by atoms with Gasteiger partial charge >= 0.3 is 6.09 Å². The molecule has 1 aliphatic heterocycles. The van der Waals surface area contributed by atoms with E-state index < -0.39 is 33.5 Å². The molecule has 7 nitrogen and oxygen atoms in total. The fraction of sp³-hybridized carbons (Fsp3) is 0.552. The molecule has 1 fully saturated rings. The molecule has 2 atom stereocenters. The van der Waals surface area contributed by atoms with Gasteiger partial charge in [0.1, 0.15) is 16.1 Å². The standard InChI is InChI=1S/C29H41FN2O5S/c1-20(31-38(34)28(5,6)7)23-13-22(17-36-16-21-9-11-25(35-8)12-10-21)14-24(15-23)29(30)18-32(19-29)26(33)37-27(2,3)4/h9-15,20,31H,16-19H2,1-8H3/t20-,38-/m1/s1. The first-order valence-corrected chi connectivity index (χ1v) is 13.9. The van der Waals surface area contributed by atoms with E-state index in [0.717, 1.165) is 22.4 Å². The van der Waals surface area contributed by atoms with E-state index in [4.69, 9.17) is 14.2 Å². The molecule has 1 saturated heterocycles. The molecule has 1 heterocycles. The number of hydrogen-bond acceptors (Lipinski definition) is 6. The van der Waals surface area contributed by atoms with Crippen LogP contribution in [-0.4, -0.2) is 46.1 Å². The SMILES string of the molecule is COc1ccc(COCc2cc([C@@H](C)N[S@+]([O-])C(C)(C)C)cc(C3(F)CN(C(=O)OC(C)(C)C)C3)c2)cc1. The molecule has 1 N–H and O–H groups in total. The number of methoxy groups -OCH3 is 1. The van der Waals surface area contributed by atoms with Crippen molar-refractivity contribution in [3.8, 4) is 5.75 Å². The molecule has 38 heavy (non-hydrogen) atoms. The molecular weight excluding hydrogens is 507 g/mol. The summed E-state index contributed by atoms with van der Waals surface area (Å²) in [5, 5.41) is 0. The van der Waals surface area contributed by atoms with Gasteiger partial charge in [-0.15, -0.1) is 4.72 Å². The summed E-state index contributed by atoms with van der Waals surface area (Å²) in [6.45, 7) is 13.4. The third-order valence-corrected chi connectivity index (χ3v) is 7.78. The van der Waals surface area contributed by atoms with Crippen LogP contribution < -0.4 is 9.46 Å². The number of carbonyl (C=O) groups is 1. The van der Waals surface area contributed by atoms with Crippen LogP contribution in [0.5, 0.6) is 5.75 Å². The molecule has 1 aliphatic rings. The highest BCUT2D eigenvalue weighted by Crippen LogP contribution is 2.39. The van der Waals surface area contributed by atoms with Crippen molar-refractivity contribution in [2.75, 3.05) is 20.2 Å². The quantitative estimate of drug-likeness (QED) is 0.391. The summed E-state index contributed by atoms with van der Waals surface area (Å²) in [6.07, 6.45) is -0.527. The van der Waals surface area contributed by atoms with Gasteiger partial charge in [-0.25, -0.2) is 9.18 Å². The van der Waals surface area contributed by atoms with E-state index in [9.17, 15) is 9.35 Å². The number of rotatable bonds is 9. The number of amides is 1. The number of ether oxygens (including phenoxy) is 3. The third kappa shape index (κ3) is 8.09. The number of nitrogens with one attached hydrogen (secondary N) is 1. The maximum Gasteiger partial charge on any atom is 0.410 e. The summed E-state index contributed by atoms with van der Waals surface area (Å²) in [5.74, 6) is 0.773. The first-order valence-electron chi connectivity index (χ1n) is 12.8. The zero-order chi connectivity index (χ0) is 28.3. The lowest BCUT2D eigenvalue weighted by molar-refractivity contribution is -0.0538. The Labute approximate surface area is 229 Å². The summed E-state index contributed by atoms with van der Waals surface area (Å²) >= 11 is -1.30. The summed E-state index contributed by atoms with van der Waals surface area (Å²) in [5.41, 5.74) is 0.703. The maximum atomic E-state index is 16.0. The van der Waals surface area contributed by atoms with Crippen molar-refractivity contribution < 1.29 is 27.9 Å². The van der Waals surface area contributed by atoms with Gasteiger partial charge in [0.15, 0.2) is 5.67 Å². The van der Waals surface area contributed by atoms with Crippen LogP contribution in [0.15, 0.2) is 42.5 Å². The van der Waals surface area contributed by atoms with Crippen molar-refractivity contribution in [1.82, 2.24) is 9.62 Å². The van der Waals surface area contributed by atoms with Gasteiger partial charge in [-0.1, -0.05) is 30.3 Å². The molecule has 2 aromatic carbocycles. The second-order valence-electron chi connectivity index (χ2n) is 11.8. The van der Waals surface area contributed by atoms with Gasteiger partial charge in [0.25, 0.3) is 0 Å². The summed E-state index contributed by atoms with van der Waals surface area (Å²) in [6, 6.07) is 12.9. The molecular formula is C29H41FN2O5S. The largest absolute Gasteiger partial charge is 0.598 e. The first kappa shape index (κ1) is 30.2. The van der Waals surface area contributed by atoms with Gasteiger partial charge in [0.2, 0.25) is 0 Å². The maximum absolute atomic E-state index is 16.0. The lowest BCUT2D eigenvalue weighted by atomic mass is 9.85. The summed E-state index contributed by atoms with van der Waals surface area (Å²) in [7, 11) is 1.62. The Morgan fingerprint density at radius 2 is 1.68 bits per heavy atom. The highest BCUT2D eigenvalue weighted by Gasteiger charge is 2.49. The van der Waals surface area contributed by atoms with Crippen LogP contribution in [0, 0.1) is 0 Å². The molecule has 0 bridgehead atoms. The van der Waals surface area contributed by atoms with E-state index in [-0.39, 0.29) is 25.7 Å². The van der Waals surface area contributed by atoms with E-state index in [0.29, 0.717) is 12.2 Å². The van der Waals surface area contributed by atoms with Crippen molar-refractivity contribution >= 4 is 17.5 Å². The number of likely N-dealkylation sites (tertiary alicyclic amines) is 1. The molecule has 2 aromatic rings. The number of halogens is 1. The van der Waals surface area contributed by atoms with E-state index in [1.54, 1.807) is 40.0 Å². The van der Waals surface area contributed by atoms with Gasteiger partial charge in [-0.3, -0.25) is 0 Å². The summed E-state index contributed by atoms with van der Waals surface area (Å²) < 4.78 is 48.0. The average Bonchev–Trinajstić information content (AvgIpc) is 2.80. The van der Waals surface area contributed by atoms with Gasteiger partial charge in [0, 0.05) is 11.4 Å². The van der Waals surface area contributed by atoms with Crippen LogP contribution in [0.2, 0.25) is 0 Å². The molecule has 0 spiro atoms. The van der Waals surface area contributed by atoms with Crippen LogP contribution in [0.3, 0.4) is 0 Å². The number of alkyl halides is 1. The Hall–Kier alpha value is -2.33. The summed E-state index contributed by atoms with van der Waals surface area (Å²) in [4.78, 5) is 13.8. The zero-order valence-electron chi connectivity index (χ0n) is 23.7. The molecule has 210 valence electrons. The van der Waals surface area contributed by atoms with Crippen molar-refractivity contribution in [1.29, 1.82) is 0 Å². The topological polar surface area (TPSA) is 83.1 Å². The van der Waals surface area contributed by atoms with Gasteiger partial charge in [0.05, 0.1) is 39.5 Å². The average molecular weight is 549 g/mol. The third-order valence-electron chi connectivity index (χ3n) is 6.10. The first-order chi connectivity index (χ1) is 17.6. The van der Waals surface area contributed by atoms with E-state index in [1.165, 1.54) is 4.90 Å². The predicted octanol–water partition coefficient (Wildman–Crippen LogP) is 5.94. The highest BCUT2D eigenvalue weighted by molar-refractivity contribution is 7.90. The van der Waals surface area contributed by atoms with Crippen molar-refractivity contribution in [3.05, 3.63) is 64.7 Å². The Bertz CT molecular complexity index is 1090. The number of nitrogens with zero attached hydrogens (tertiary/aromatic N) is 1. The monoisotopic (exact) mass is 548 g/mol. The van der Waals surface area contributed by atoms with Crippen LogP contribution in [-0.2, 0) is 39.7 Å². The molecule has 0 unspecified atom stereocenters. The molecule has 9 heteroatoms. The minimum Gasteiger partial charge on any atom is -0.598 e. The van der Waals surface area contributed by atoms with Crippen LogP contribution in [0.4, 0.5) is 9.18 Å². The molecule has 1 amide bonds. The molecule has 3 rings (SSSR count). The molecule has 0 radical (unpaired) electrons. The minimum atomic E-state index is -1.71. The van der Waals surface area contributed by atoms with Gasteiger partial charge < -0.3 is 23.7 Å². The number of carbonyl (C=O) groups excluding carboxylic acids is 1. The van der Waals surface area contributed by atoms with Crippen molar-refractivity contribution in [3.63, 3.8) is 0 Å². The predicted molar refractivity (Wildman–Crippen MR) is 148 cm³/mol. The minimum absolute atomic E-state index is 0.0900. The second kappa shape index (κ2) is 11.8. The van der Waals surface area contributed by atoms with Crippen molar-refractivity contribution in [2.24, 2.45) is 0 Å². The Balaban J connectivity index is 1.78.